The van der Waals surface area contributed by atoms with E-state index in [9.17, 15) is 4.79 Å². The summed E-state index contributed by atoms with van der Waals surface area (Å²) in [6.45, 7) is 20.0. The first-order chi connectivity index (χ1) is 11.4. The van der Waals surface area contributed by atoms with Crippen molar-refractivity contribution in [2.24, 2.45) is 0 Å². The monoisotopic (exact) mass is 405 g/mol. The van der Waals surface area contributed by atoms with Gasteiger partial charge in [0.1, 0.15) is 8.24 Å². The fourth-order valence-electron chi connectivity index (χ4n) is 3.07. The molecule has 0 aliphatic heterocycles. The predicted molar refractivity (Wildman–Crippen MR) is 117 cm³/mol. The maximum Gasteiger partial charge on any atom is 0.293 e. The van der Waals surface area contributed by atoms with Gasteiger partial charge in [-0.25, -0.2) is 0 Å². The third-order valence-corrected chi connectivity index (χ3v) is 15.1. The van der Waals surface area contributed by atoms with Crippen molar-refractivity contribution in [1.29, 1.82) is 0 Å². The van der Waals surface area contributed by atoms with Crippen molar-refractivity contribution in [2.45, 2.75) is 90.5 Å². The van der Waals surface area contributed by atoms with Crippen molar-refractivity contribution in [1.82, 2.24) is 4.57 Å². The van der Waals surface area contributed by atoms with Gasteiger partial charge in [-0.05, 0) is 50.2 Å². The summed E-state index contributed by atoms with van der Waals surface area (Å²) in [5.74, 6) is 0.0204. The summed E-state index contributed by atoms with van der Waals surface area (Å²) in [6, 6.07) is 4.26. The van der Waals surface area contributed by atoms with Gasteiger partial charge in [0, 0.05) is 13.7 Å². The fourth-order valence-corrected chi connectivity index (χ4v) is 8.41. The summed E-state index contributed by atoms with van der Waals surface area (Å²) in [7, 11) is -2.91. The van der Waals surface area contributed by atoms with Gasteiger partial charge < -0.3 is 13.4 Å². The SMILES string of the molecule is CC[Si](CC)(CC)OC(=O)CCN(CCC[Si](C)(C)OC)[Si](C)(C)C. The first-order valence-corrected chi connectivity index (χ1v) is 19.1. The van der Waals surface area contributed by atoms with E-state index in [2.05, 4.69) is 58.1 Å². The molecule has 0 rings (SSSR count). The smallest absolute Gasteiger partial charge is 0.293 e. The number of nitrogens with zero attached hydrogens (tertiary/aromatic N) is 1. The molecule has 7 heteroatoms. The van der Waals surface area contributed by atoms with Crippen molar-refractivity contribution in [3.05, 3.63) is 0 Å². The van der Waals surface area contributed by atoms with Crippen LogP contribution in [0.2, 0.25) is 56.9 Å². The van der Waals surface area contributed by atoms with E-state index in [1.165, 1.54) is 6.04 Å². The molecule has 0 atom stereocenters. The largest absolute Gasteiger partial charge is 0.519 e. The molecule has 0 fully saturated rings. The van der Waals surface area contributed by atoms with Gasteiger partial charge in [0.05, 0.1) is 6.42 Å². The van der Waals surface area contributed by atoms with Gasteiger partial charge in [0.15, 0.2) is 8.32 Å². The average Bonchev–Trinajstić information content (AvgIpc) is 2.54. The van der Waals surface area contributed by atoms with Crippen LogP contribution in [0.5, 0.6) is 0 Å². The van der Waals surface area contributed by atoms with Gasteiger partial charge in [0.25, 0.3) is 14.3 Å². The van der Waals surface area contributed by atoms with Gasteiger partial charge in [0.2, 0.25) is 0 Å². The molecule has 0 aromatic heterocycles. The van der Waals surface area contributed by atoms with E-state index in [0.29, 0.717) is 6.42 Å². The number of carbonyl (C=O) groups is 1. The lowest BCUT2D eigenvalue weighted by Gasteiger charge is -2.35. The second-order valence-corrected chi connectivity index (χ2v) is 22.8. The van der Waals surface area contributed by atoms with Crippen molar-refractivity contribution in [3.8, 4) is 0 Å². The first kappa shape index (κ1) is 25.0. The topological polar surface area (TPSA) is 38.8 Å². The van der Waals surface area contributed by atoms with Crippen LogP contribution in [0.4, 0.5) is 0 Å². The zero-order valence-electron chi connectivity index (χ0n) is 18.3. The van der Waals surface area contributed by atoms with E-state index in [4.69, 9.17) is 8.85 Å². The normalized spacial score (nSPS) is 13.4. The number of carbonyl (C=O) groups excluding carboxylic acids is 1. The Morgan fingerprint density at radius 2 is 1.44 bits per heavy atom. The second kappa shape index (κ2) is 11.0. The van der Waals surface area contributed by atoms with Crippen LogP contribution in [-0.4, -0.2) is 55.6 Å². The Labute approximate surface area is 160 Å². The summed E-state index contributed by atoms with van der Waals surface area (Å²) in [6.07, 6.45) is 1.69. The van der Waals surface area contributed by atoms with E-state index >= 15 is 0 Å². The molecule has 0 aromatic carbocycles. The summed E-state index contributed by atoms with van der Waals surface area (Å²) in [4.78, 5) is 12.4. The molecule has 4 nitrogen and oxygen atoms in total. The van der Waals surface area contributed by atoms with E-state index in [-0.39, 0.29) is 5.97 Å². The van der Waals surface area contributed by atoms with Gasteiger partial charge in [-0.2, -0.15) is 0 Å². The van der Waals surface area contributed by atoms with Crippen molar-refractivity contribution in [2.75, 3.05) is 20.2 Å². The molecule has 0 heterocycles. The van der Waals surface area contributed by atoms with Gasteiger partial charge >= 0.3 is 0 Å². The molecule has 0 radical (unpaired) electrons. The molecule has 0 amide bonds. The zero-order chi connectivity index (χ0) is 19.7. The highest BCUT2D eigenvalue weighted by molar-refractivity contribution is 6.75. The predicted octanol–water partition coefficient (Wildman–Crippen LogP) is 5.30. The van der Waals surface area contributed by atoms with Crippen LogP contribution in [0.3, 0.4) is 0 Å². The molecule has 0 spiro atoms. The minimum atomic E-state index is -1.82. The van der Waals surface area contributed by atoms with Gasteiger partial charge in [-0.15, -0.1) is 0 Å². The van der Waals surface area contributed by atoms with Crippen LogP contribution in [0.1, 0.15) is 33.6 Å². The van der Waals surface area contributed by atoms with Gasteiger partial charge in [-0.1, -0.05) is 40.4 Å². The highest BCUT2D eigenvalue weighted by atomic mass is 28.4. The van der Waals surface area contributed by atoms with Crippen LogP contribution in [-0.2, 0) is 13.6 Å². The maximum atomic E-state index is 12.4. The lowest BCUT2D eigenvalue weighted by molar-refractivity contribution is -0.135. The molecule has 0 bridgehead atoms. The number of rotatable bonds is 13. The van der Waals surface area contributed by atoms with Crippen LogP contribution in [0.15, 0.2) is 0 Å². The third-order valence-electron chi connectivity index (χ3n) is 5.56. The van der Waals surface area contributed by atoms with Crippen molar-refractivity contribution >= 4 is 30.8 Å². The van der Waals surface area contributed by atoms with E-state index in [1.807, 2.05) is 7.11 Å². The molecule has 0 aliphatic rings. The Hall–Kier alpha value is 0.0406. The highest BCUT2D eigenvalue weighted by Gasteiger charge is 2.33. The Morgan fingerprint density at radius 1 is 0.920 bits per heavy atom. The molecule has 0 N–H and O–H groups in total. The minimum Gasteiger partial charge on any atom is -0.519 e. The highest BCUT2D eigenvalue weighted by Crippen LogP contribution is 2.23. The van der Waals surface area contributed by atoms with Crippen LogP contribution in [0.25, 0.3) is 0 Å². The fraction of sp³-hybridized carbons (Fsp3) is 0.944. The Morgan fingerprint density at radius 3 is 1.84 bits per heavy atom. The third kappa shape index (κ3) is 9.51. The lowest BCUT2D eigenvalue weighted by atomic mass is 10.4. The molecule has 0 aromatic rings. The number of hydrogen-bond acceptors (Lipinski definition) is 4. The summed E-state index contributed by atoms with van der Waals surface area (Å²) in [5.41, 5.74) is 0. The number of hydrogen-bond donors (Lipinski definition) is 0. The van der Waals surface area contributed by atoms with Crippen molar-refractivity contribution in [3.63, 3.8) is 0 Å². The summed E-state index contributed by atoms with van der Waals surface area (Å²) in [5, 5.41) is 0. The maximum absolute atomic E-state index is 12.4. The van der Waals surface area contributed by atoms with Gasteiger partial charge in [-0.3, -0.25) is 4.79 Å². The van der Waals surface area contributed by atoms with Crippen molar-refractivity contribution < 1.29 is 13.6 Å². The Balaban J connectivity index is 4.62. The quantitative estimate of drug-likeness (QED) is 0.390. The molecular formula is C18H43NO3Si3. The lowest BCUT2D eigenvalue weighted by Crippen LogP contribution is -2.48. The van der Waals surface area contributed by atoms with E-state index in [0.717, 1.165) is 37.6 Å². The minimum absolute atomic E-state index is 0.0204. The first-order valence-electron chi connectivity index (χ1n) is 9.97. The second-order valence-electron chi connectivity index (χ2n) is 8.69. The summed E-state index contributed by atoms with van der Waals surface area (Å²) < 4.78 is 14.2. The van der Waals surface area contributed by atoms with E-state index < -0.39 is 24.9 Å². The zero-order valence-corrected chi connectivity index (χ0v) is 21.3. The molecule has 0 saturated carbocycles. The van der Waals surface area contributed by atoms with Crippen LogP contribution >= 0.6 is 0 Å². The molecule has 0 aliphatic carbocycles. The standard InChI is InChI=1S/C18H43NO3Si3/c1-10-25(11-2,12-3)22-18(20)14-16-19(23(5,6)7)15-13-17-24(8,9)21-4/h10-17H2,1-9H3. The Kier molecular flexibility index (Phi) is 11.0. The van der Waals surface area contributed by atoms with E-state index in [1.54, 1.807) is 0 Å². The molecule has 0 unspecified atom stereocenters. The Bertz CT molecular complexity index is 385. The van der Waals surface area contributed by atoms with Crippen LogP contribution < -0.4 is 0 Å². The molecule has 150 valence electrons. The average molecular weight is 406 g/mol. The summed E-state index contributed by atoms with van der Waals surface area (Å²) >= 11 is 0. The molecule has 0 saturated heterocycles. The molecule has 25 heavy (non-hydrogen) atoms. The van der Waals surface area contributed by atoms with Crippen LogP contribution in [0, 0.1) is 0 Å². The molecular weight excluding hydrogens is 362 g/mol.